The molecule has 118 valence electrons. The summed E-state index contributed by atoms with van der Waals surface area (Å²) in [5.41, 5.74) is 10.0. The molecule has 3 aromatic rings. The van der Waals surface area contributed by atoms with Crippen molar-refractivity contribution in [2.75, 3.05) is 13.2 Å². The summed E-state index contributed by atoms with van der Waals surface area (Å²) < 4.78 is 13.5. The van der Waals surface area contributed by atoms with E-state index in [1.54, 1.807) is 0 Å². The van der Waals surface area contributed by atoms with Gasteiger partial charge in [-0.2, -0.15) is 0 Å². The molecule has 2 N–H and O–H groups in total. The Morgan fingerprint density at radius 2 is 1.70 bits per heavy atom. The lowest BCUT2D eigenvalue weighted by molar-refractivity contribution is 0.172. The maximum Gasteiger partial charge on any atom is 0.163 e. The number of hydrogen-bond acceptors (Lipinski definition) is 4. The van der Waals surface area contributed by atoms with E-state index in [1.807, 2.05) is 19.1 Å². The highest BCUT2D eigenvalue weighted by molar-refractivity contribution is 5.81. The molecular formula is C18H19N3O2. The molecule has 1 aliphatic rings. The molecule has 0 radical (unpaired) electrons. The van der Waals surface area contributed by atoms with E-state index in [0.29, 0.717) is 19.8 Å². The summed E-state index contributed by atoms with van der Waals surface area (Å²) in [5, 5.41) is 0. The van der Waals surface area contributed by atoms with Crippen molar-refractivity contribution in [3.05, 3.63) is 53.3 Å². The summed E-state index contributed by atoms with van der Waals surface area (Å²) in [6, 6.07) is 12.4. The molecule has 2 heterocycles. The van der Waals surface area contributed by atoms with Gasteiger partial charge in [0.15, 0.2) is 11.5 Å². The van der Waals surface area contributed by atoms with E-state index in [0.717, 1.165) is 40.5 Å². The van der Waals surface area contributed by atoms with E-state index in [4.69, 9.17) is 15.2 Å². The van der Waals surface area contributed by atoms with Gasteiger partial charge in [-0.15, -0.1) is 0 Å². The van der Waals surface area contributed by atoms with Crippen LogP contribution in [0.3, 0.4) is 0 Å². The standard InChI is InChI=1S/C18H19N3O2/c1-12-20-15-8-17-18(23-7-6-22-17)9-16(15)21(12)11-14-4-2-13(10-19)3-5-14/h2-5,8-9H,6-7,10-11,19H2,1H3. The zero-order valence-electron chi connectivity index (χ0n) is 13.1. The maximum absolute atomic E-state index is 5.70. The van der Waals surface area contributed by atoms with Crippen LogP contribution in [-0.2, 0) is 13.1 Å². The van der Waals surface area contributed by atoms with Crippen molar-refractivity contribution in [2.24, 2.45) is 5.73 Å². The molecule has 1 aromatic heterocycles. The topological polar surface area (TPSA) is 62.3 Å². The van der Waals surface area contributed by atoms with Crippen molar-refractivity contribution < 1.29 is 9.47 Å². The van der Waals surface area contributed by atoms with Gasteiger partial charge in [0.2, 0.25) is 0 Å². The third-order valence-electron chi connectivity index (χ3n) is 4.20. The lowest BCUT2D eigenvalue weighted by Crippen LogP contribution is -2.15. The van der Waals surface area contributed by atoms with Gasteiger partial charge in [0.25, 0.3) is 0 Å². The molecule has 4 rings (SSSR count). The summed E-state index contributed by atoms with van der Waals surface area (Å²) in [5.74, 6) is 2.55. The highest BCUT2D eigenvalue weighted by Crippen LogP contribution is 2.34. The summed E-state index contributed by atoms with van der Waals surface area (Å²) in [4.78, 5) is 4.66. The number of aromatic nitrogens is 2. The maximum atomic E-state index is 5.70. The second kappa shape index (κ2) is 5.59. The summed E-state index contributed by atoms with van der Waals surface area (Å²) in [6.45, 7) is 4.54. The molecule has 0 saturated heterocycles. The molecule has 5 nitrogen and oxygen atoms in total. The normalized spacial score (nSPS) is 13.5. The average Bonchev–Trinajstić information content (AvgIpc) is 2.88. The number of nitrogens with zero attached hydrogens (tertiary/aromatic N) is 2. The van der Waals surface area contributed by atoms with Gasteiger partial charge in [-0.25, -0.2) is 4.98 Å². The van der Waals surface area contributed by atoms with Gasteiger partial charge in [0.05, 0.1) is 11.0 Å². The van der Waals surface area contributed by atoms with Crippen molar-refractivity contribution >= 4 is 11.0 Å². The first-order valence-electron chi connectivity index (χ1n) is 7.79. The Hall–Kier alpha value is -2.53. The predicted octanol–water partition coefficient (Wildman–Crippen LogP) is 2.62. The Morgan fingerprint density at radius 3 is 2.39 bits per heavy atom. The Morgan fingerprint density at radius 1 is 1.04 bits per heavy atom. The number of fused-ring (bicyclic) bond motifs is 2. The molecule has 0 spiro atoms. The minimum absolute atomic E-state index is 0.566. The Bertz CT molecular complexity index is 853. The summed E-state index contributed by atoms with van der Waals surface area (Å²) >= 11 is 0. The van der Waals surface area contributed by atoms with Gasteiger partial charge in [-0.05, 0) is 18.1 Å². The van der Waals surface area contributed by atoms with Crippen LogP contribution in [0.15, 0.2) is 36.4 Å². The lowest BCUT2D eigenvalue weighted by Gasteiger charge is -2.18. The minimum Gasteiger partial charge on any atom is -0.486 e. The first-order valence-corrected chi connectivity index (χ1v) is 7.79. The van der Waals surface area contributed by atoms with Gasteiger partial charge in [-0.3, -0.25) is 0 Å². The number of imidazole rings is 1. The minimum atomic E-state index is 0.566. The molecule has 0 atom stereocenters. The smallest absolute Gasteiger partial charge is 0.163 e. The molecule has 0 aliphatic carbocycles. The van der Waals surface area contributed by atoms with Crippen molar-refractivity contribution in [2.45, 2.75) is 20.0 Å². The third kappa shape index (κ3) is 2.53. The van der Waals surface area contributed by atoms with Crippen molar-refractivity contribution in [1.29, 1.82) is 0 Å². The van der Waals surface area contributed by atoms with Crippen LogP contribution in [0.4, 0.5) is 0 Å². The van der Waals surface area contributed by atoms with Crippen LogP contribution in [0.5, 0.6) is 11.5 Å². The molecular weight excluding hydrogens is 290 g/mol. The first-order chi connectivity index (χ1) is 11.2. The predicted molar refractivity (Wildman–Crippen MR) is 88.9 cm³/mol. The van der Waals surface area contributed by atoms with E-state index >= 15 is 0 Å². The molecule has 0 bridgehead atoms. The SMILES string of the molecule is Cc1nc2cc3c(cc2n1Cc1ccc(CN)cc1)OCCO3. The zero-order valence-corrected chi connectivity index (χ0v) is 13.1. The zero-order chi connectivity index (χ0) is 15.8. The largest absolute Gasteiger partial charge is 0.486 e. The van der Waals surface area contributed by atoms with Gasteiger partial charge in [0, 0.05) is 25.2 Å². The first kappa shape index (κ1) is 14.1. The number of aryl methyl sites for hydroxylation is 1. The quantitative estimate of drug-likeness (QED) is 0.808. The van der Waals surface area contributed by atoms with Crippen LogP contribution < -0.4 is 15.2 Å². The molecule has 2 aromatic carbocycles. The van der Waals surface area contributed by atoms with Gasteiger partial charge >= 0.3 is 0 Å². The molecule has 0 unspecified atom stereocenters. The van der Waals surface area contributed by atoms with E-state index < -0.39 is 0 Å². The average molecular weight is 309 g/mol. The molecule has 23 heavy (non-hydrogen) atoms. The molecule has 0 fully saturated rings. The molecule has 1 aliphatic heterocycles. The molecule has 0 amide bonds. The number of hydrogen-bond donors (Lipinski definition) is 1. The highest BCUT2D eigenvalue weighted by atomic mass is 16.6. The van der Waals surface area contributed by atoms with Crippen LogP contribution in [-0.4, -0.2) is 22.8 Å². The highest BCUT2D eigenvalue weighted by Gasteiger charge is 2.16. The monoisotopic (exact) mass is 309 g/mol. The van der Waals surface area contributed by atoms with Gasteiger partial charge in [0.1, 0.15) is 19.0 Å². The summed E-state index contributed by atoms with van der Waals surface area (Å²) in [7, 11) is 0. The van der Waals surface area contributed by atoms with E-state index in [9.17, 15) is 0 Å². The molecule has 5 heteroatoms. The fraction of sp³-hybridized carbons (Fsp3) is 0.278. The number of nitrogens with two attached hydrogens (primary N) is 1. The fourth-order valence-electron chi connectivity index (χ4n) is 2.94. The Kier molecular flexibility index (Phi) is 3.42. The van der Waals surface area contributed by atoms with Crippen LogP contribution in [0, 0.1) is 6.92 Å². The second-order valence-corrected chi connectivity index (χ2v) is 5.75. The van der Waals surface area contributed by atoms with Crippen LogP contribution >= 0.6 is 0 Å². The third-order valence-corrected chi connectivity index (χ3v) is 4.20. The van der Waals surface area contributed by atoms with Gasteiger partial charge < -0.3 is 19.8 Å². The number of rotatable bonds is 3. The number of ether oxygens (including phenoxy) is 2. The lowest BCUT2D eigenvalue weighted by atomic mass is 10.1. The van der Waals surface area contributed by atoms with Crippen LogP contribution in [0.2, 0.25) is 0 Å². The van der Waals surface area contributed by atoms with Gasteiger partial charge in [-0.1, -0.05) is 24.3 Å². The summed E-state index contributed by atoms with van der Waals surface area (Å²) in [6.07, 6.45) is 0. The van der Waals surface area contributed by atoms with Crippen molar-refractivity contribution in [3.63, 3.8) is 0 Å². The van der Waals surface area contributed by atoms with Crippen LogP contribution in [0.1, 0.15) is 17.0 Å². The Labute approximate surface area is 134 Å². The van der Waals surface area contributed by atoms with E-state index in [1.165, 1.54) is 5.56 Å². The van der Waals surface area contributed by atoms with E-state index in [2.05, 4.69) is 33.8 Å². The Balaban J connectivity index is 1.74. The second-order valence-electron chi connectivity index (χ2n) is 5.75. The van der Waals surface area contributed by atoms with Crippen molar-refractivity contribution in [1.82, 2.24) is 9.55 Å². The fourth-order valence-corrected chi connectivity index (χ4v) is 2.94. The van der Waals surface area contributed by atoms with Crippen LogP contribution in [0.25, 0.3) is 11.0 Å². The molecule has 0 saturated carbocycles. The number of benzene rings is 2. The van der Waals surface area contributed by atoms with Crippen molar-refractivity contribution in [3.8, 4) is 11.5 Å². The van der Waals surface area contributed by atoms with E-state index in [-0.39, 0.29) is 0 Å².